The molecular weight excluding hydrogens is 631 g/mol. The number of benzene rings is 8. The fourth-order valence-electron chi connectivity index (χ4n) is 7.98. The summed E-state index contributed by atoms with van der Waals surface area (Å²) in [6, 6.07) is 57.3. The molecule has 0 unspecified atom stereocenters. The summed E-state index contributed by atoms with van der Waals surface area (Å²) < 4.78 is 0. The summed E-state index contributed by atoms with van der Waals surface area (Å²) in [6.07, 6.45) is 4.37. The van der Waals surface area contributed by atoms with E-state index in [0.717, 1.165) is 39.0 Å². The van der Waals surface area contributed by atoms with E-state index in [0.29, 0.717) is 11.1 Å². The first-order chi connectivity index (χ1) is 25.4. The van der Waals surface area contributed by atoms with E-state index in [1.165, 1.54) is 43.8 Å². The topological polar surface area (TPSA) is 50.8 Å². The van der Waals surface area contributed by atoms with Crippen molar-refractivity contribution in [3.63, 3.8) is 0 Å². The van der Waals surface area contributed by atoms with Gasteiger partial charge in [0.25, 0.3) is 0 Å². The Bertz CT molecular complexity index is 2750. The molecule has 0 radical (unpaired) electrons. The van der Waals surface area contributed by atoms with Crippen LogP contribution in [0.5, 0.6) is 0 Å². The number of nitrogens with zero attached hydrogens (tertiary/aromatic N) is 3. The van der Waals surface area contributed by atoms with Crippen LogP contribution in [0.15, 0.2) is 152 Å². The van der Waals surface area contributed by atoms with Crippen molar-refractivity contribution in [1.29, 1.82) is 10.5 Å². The third kappa shape index (κ3) is 5.03. The molecule has 0 fully saturated rings. The lowest BCUT2D eigenvalue weighted by Gasteiger charge is -2.27. The molecule has 0 bridgehead atoms. The highest BCUT2D eigenvalue weighted by molar-refractivity contribution is 6.15. The van der Waals surface area contributed by atoms with Gasteiger partial charge in [0, 0.05) is 22.2 Å². The van der Waals surface area contributed by atoms with Crippen LogP contribution in [-0.4, -0.2) is 0 Å². The standard InChI is InChI=1S/C49H33N3/c1-49(2)44-9-5-6-37-20-21-38-28-39(29-45(49)48(38)47(37)44)35-17-10-32(11-18-35)12-19-36-22-27-46(43-8-4-3-7-42(36)43)52(40-23-13-33(30-50)14-24-40)41-25-15-34(31-51)16-26-41/h3-29H,1-2H3. The number of anilines is 3. The monoisotopic (exact) mass is 663 g/mol. The lowest BCUT2D eigenvalue weighted by atomic mass is 9.81. The Morgan fingerprint density at radius 1 is 0.519 bits per heavy atom. The second kappa shape index (κ2) is 12.1. The maximum Gasteiger partial charge on any atom is 0.0991 e. The van der Waals surface area contributed by atoms with Crippen molar-refractivity contribution in [2.45, 2.75) is 19.3 Å². The van der Waals surface area contributed by atoms with Crippen LogP contribution >= 0.6 is 0 Å². The van der Waals surface area contributed by atoms with Crippen LogP contribution < -0.4 is 4.90 Å². The summed E-state index contributed by atoms with van der Waals surface area (Å²) in [7, 11) is 0. The Kier molecular flexibility index (Phi) is 7.25. The van der Waals surface area contributed by atoms with Gasteiger partial charge in [0.1, 0.15) is 0 Å². The third-order valence-electron chi connectivity index (χ3n) is 10.7. The van der Waals surface area contributed by atoms with E-state index in [1.54, 1.807) is 0 Å². The van der Waals surface area contributed by atoms with Crippen LogP contribution in [-0.2, 0) is 5.41 Å². The summed E-state index contributed by atoms with van der Waals surface area (Å²) in [4.78, 5) is 2.18. The molecule has 9 rings (SSSR count). The Balaban J connectivity index is 1.06. The van der Waals surface area contributed by atoms with E-state index in [2.05, 4.69) is 146 Å². The molecule has 3 heteroatoms. The predicted molar refractivity (Wildman–Crippen MR) is 216 cm³/mol. The van der Waals surface area contributed by atoms with Gasteiger partial charge in [0.2, 0.25) is 0 Å². The summed E-state index contributed by atoms with van der Waals surface area (Å²) in [5.74, 6) is 0. The van der Waals surface area contributed by atoms with Gasteiger partial charge in [0.15, 0.2) is 0 Å². The average Bonchev–Trinajstić information content (AvgIpc) is 3.44. The summed E-state index contributed by atoms with van der Waals surface area (Å²) in [5, 5.41) is 26.5. The third-order valence-corrected chi connectivity index (χ3v) is 10.7. The zero-order valence-corrected chi connectivity index (χ0v) is 28.9. The van der Waals surface area contributed by atoms with Crippen LogP contribution in [0.1, 0.15) is 47.2 Å². The van der Waals surface area contributed by atoms with Crippen LogP contribution in [0, 0.1) is 22.7 Å². The molecule has 1 aliphatic rings. The first kappa shape index (κ1) is 31.1. The van der Waals surface area contributed by atoms with Crippen molar-refractivity contribution < 1.29 is 0 Å². The van der Waals surface area contributed by atoms with E-state index in [9.17, 15) is 10.5 Å². The van der Waals surface area contributed by atoms with Gasteiger partial charge in [-0.1, -0.05) is 111 Å². The Morgan fingerprint density at radius 2 is 1.15 bits per heavy atom. The highest BCUT2D eigenvalue weighted by atomic mass is 15.1. The first-order valence-electron chi connectivity index (χ1n) is 17.5. The number of hydrogen-bond donors (Lipinski definition) is 0. The Hall–Kier alpha value is -6.94. The largest absolute Gasteiger partial charge is 0.310 e. The highest BCUT2D eigenvalue weighted by Crippen LogP contribution is 2.50. The van der Waals surface area contributed by atoms with Crippen LogP contribution in [0.25, 0.3) is 55.6 Å². The zero-order valence-electron chi connectivity index (χ0n) is 28.9. The zero-order chi connectivity index (χ0) is 35.4. The second-order valence-corrected chi connectivity index (χ2v) is 14.0. The molecule has 3 nitrogen and oxygen atoms in total. The smallest absolute Gasteiger partial charge is 0.0991 e. The fourth-order valence-corrected chi connectivity index (χ4v) is 7.98. The van der Waals surface area contributed by atoms with Gasteiger partial charge in [-0.3, -0.25) is 0 Å². The molecule has 0 N–H and O–H groups in total. The SMILES string of the molecule is CC1(C)c2cccc3ccc4cc(-c5ccc(C=Cc6ccc(N(c7ccc(C#N)cc7)c7ccc(C#N)cc7)c7ccccc67)cc5)cc1c4c23. The predicted octanol–water partition coefficient (Wildman–Crippen LogP) is 12.8. The minimum Gasteiger partial charge on any atom is -0.310 e. The highest BCUT2D eigenvalue weighted by Gasteiger charge is 2.34. The van der Waals surface area contributed by atoms with Crippen LogP contribution in [0.4, 0.5) is 17.1 Å². The van der Waals surface area contributed by atoms with Crippen molar-refractivity contribution >= 4 is 61.5 Å². The van der Waals surface area contributed by atoms with Crippen molar-refractivity contribution in [1.82, 2.24) is 0 Å². The minimum atomic E-state index is -0.0421. The molecule has 8 aromatic rings. The Morgan fingerprint density at radius 3 is 1.83 bits per heavy atom. The lowest BCUT2D eigenvalue weighted by molar-refractivity contribution is 0.663. The summed E-state index contributed by atoms with van der Waals surface area (Å²) in [5.41, 5.74) is 11.6. The normalized spacial score (nSPS) is 12.8. The summed E-state index contributed by atoms with van der Waals surface area (Å²) >= 11 is 0. The minimum absolute atomic E-state index is 0.0421. The quantitative estimate of drug-likeness (QED) is 0.131. The van der Waals surface area contributed by atoms with Gasteiger partial charge >= 0.3 is 0 Å². The van der Waals surface area contributed by atoms with E-state index in [-0.39, 0.29) is 5.41 Å². The molecule has 0 aromatic heterocycles. The molecule has 1 aliphatic carbocycles. The fraction of sp³-hybridized carbons (Fsp3) is 0.0612. The summed E-state index contributed by atoms with van der Waals surface area (Å²) in [6.45, 7) is 4.70. The number of rotatable bonds is 6. The van der Waals surface area contributed by atoms with Crippen molar-refractivity contribution in [2.24, 2.45) is 0 Å². The molecule has 8 aromatic carbocycles. The number of hydrogen-bond acceptors (Lipinski definition) is 3. The van der Waals surface area contributed by atoms with E-state index in [1.807, 2.05) is 48.5 Å². The van der Waals surface area contributed by atoms with Gasteiger partial charge in [-0.25, -0.2) is 0 Å². The van der Waals surface area contributed by atoms with Gasteiger partial charge in [-0.15, -0.1) is 0 Å². The molecule has 0 heterocycles. The van der Waals surface area contributed by atoms with Gasteiger partial charge in [0.05, 0.1) is 29.0 Å². The maximum absolute atomic E-state index is 9.42. The molecule has 0 spiro atoms. The van der Waals surface area contributed by atoms with Gasteiger partial charge < -0.3 is 4.90 Å². The Labute approximate surface area is 303 Å². The first-order valence-corrected chi connectivity index (χ1v) is 17.5. The van der Waals surface area contributed by atoms with Crippen molar-refractivity contribution in [2.75, 3.05) is 4.90 Å². The molecule has 0 amide bonds. The molecule has 244 valence electrons. The molecule has 0 saturated carbocycles. The van der Waals surface area contributed by atoms with E-state index >= 15 is 0 Å². The molecule has 0 aliphatic heterocycles. The van der Waals surface area contributed by atoms with Crippen molar-refractivity contribution in [3.05, 3.63) is 185 Å². The maximum atomic E-state index is 9.42. The molecule has 0 saturated heterocycles. The van der Waals surface area contributed by atoms with Gasteiger partial charge in [-0.05, 0) is 127 Å². The van der Waals surface area contributed by atoms with Crippen LogP contribution in [0.2, 0.25) is 0 Å². The van der Waals surface area contributed by atoms with Gasteiger partial charge in [-0.2, -0.15) is 10.5 Å². The molecule has 52 heavy (non-hydrogen) atoms. The van der Waals surface area contributed by atoms with E-state index < -0.39 is 0 Å². The number of fused-ring (bicyclic) bond motifs is 1. The van der Waals surface area contributed by atoms with Crippen LogP contribution in [0.3, 0.4) is 0 Å². The van der Waals surface area contributed by atoms with E-state index in [4.69, 9.17) is 0 Å². The molecule has 0 atom stereocenters. The second-order valence-electron chi connectivity index (χ2n) is 14.0. The number of nitriles is 2. The molecular formula is C49H33N3. The van der Waals surface area contributed by atoms with Crippen molar-refractivity contribution in [3.8, 4) is 23.3 Å². The average molecular weight is 664 g/mol. The lowest BCUT2D eigenvalue weighted by Crippen LogP contribution is -2.15.